The Kier molecular flexibility index (Phi) is 3.85. The SMILES string of the molecule is Nc1ccc(-c2cncn2CC(=O)N2CCCCC2)cn1. The predicted octanol–water partition coefficient (Wildman–Crippen LogP) is 1.54. The van der Waals surface area contributed by atoms with Crippen LogP contribution in [0.4, 0.5) is 5.82 Å². The van der Waals surface area contributed by atoms with E-state index in [4.69, 9.17) is 5.73 Å². The van der Waals surface area contributed by atoms with Crippen molar-refractivity contribution >= 4 is 11.7 Å². The van der Waals surface area contributed by atoms with Gasteiger partial charge in [0.15, 0.2) is 0 Å². The molecule has 2 aromatic rings. The molecule has 6 heteroatoms. The Labute approximate surface area is 123 Å². The molecular formula is C15H19N5O. The number of pyridine rings is 1. The molecule has 21 heavy (non-hydrogen) atoms. The minimum atomic E-state index is 0.150. The predicted molar refractivity (Wildman–Crippen MR) is 80.3 cm³/mol. The van der Waals surface area contributed by atoms with Crippen molar-refractivity contribution in [1.82, 2.24) is 19.4 Å². The van der Waals surface area contributed by atoms with E-state index in [0.29, 0.717) is 12.4 Å². The number of nitrogens with zero attached hydrogens (tertiary/aromatic N) is 4. The fraction of sp³-hybridized carbons (Fsp3) is 0.400. The summed E-state index contributed by atoms with van der Waals surface area (Å²) in [4.78, 5) is 22.5. The number of likely N-dealkylation sites (tertiary alicyclic amines) is 1. The maximum Gasteiger partial charge on any atom is 0.242 e. The molecule has 3 heterocycles. The highest BCUT2D eigenvalue weighted by Crippen LogP contribution is 2.19. The Morgan fingerprint density at radius 1 is 1.19 bits per heavy atom. The van der Waals surface area contributed by atoms with Gasteiger partial charge in [0.25, 0.3) is 0 Å². The van der Waals surface area contributed by atoms with Crippen LogP contribution in [0.1, 0.15) is 19.3 Å². The lowest BCUT2D eigenvalue weighted by Gasteiger charge is -2.27. The molecule has 3 rings (SSSR count). The quantitative estimate of drug-likeness (QED) is 0.928. The third-order valence-electron chi connectivity index (χ3n) is 3.81. The van der Waals surface area contributed by atoms with Crippen LogP contribution in [0.3, 0.4) is 0 Å². The lowest BCUT2D eigenvalue weighted by molar-refractivity contribution is -0.132. The second kappa shape index (κ2) is 5.95. The smallest absolute Gasteiger partial charge is 0.242 e. The number of aromatic nitrogens is 3. The summed E-state index contributed by atoms with van der Waals surface area (Å²) in [6.45, 7) is 2.05. The van der Waals surface area contributed by atoms with Crippen molar-refractivity contribution in [3.05, 3.63) is 30.9 Å². The maximum absolute atomic E-state index is 12.3. The summed E-state index contributed by atoms with van der Waals surface area (Å²) in [5.41, 5.74) is 7.39. The largest absolute Gasteiger partial charge is 0.384 e. The van der Waals surface area contributed by atoms with E-state index in [1.54, 1.807) is 24.8 Å². The number of hydrogen-bond donors (Lipinski definition) is 1. The number of imidazole rings is 1. The lowest BCUT2D eigenvalue weighted by atomic mass is 10.1. The summed E-state index contributed by atoms with van der Waals surface area (Å²) in [5, 5.41) is 0. The molecule has 0 spiro atoms. The molecule has 0 bridgehead atoms. The molecule has 1 saturated heterocycles. The van der Waals surface area contributed by atoms with E-state index in [1.165, 1.54) is 6.42 Å². The first-order valence-electron chi connectivity index (χ1n) is 7.24. The summed E-state index contributed by atoms with van der Waals surface area (Å²) in [6, 6.07) is 3.64. The van der Waals surface area contributed by atoms with Crippen LogP contribution in [0.15, 0.2) is 30.9 Å². The highest BCUT2D eigenvalue weighted by atomic mass is 16.2. The molecule has 1 aliphatic heterocycles. The van der Waals surface area contributed by atoms with Gasteiger partial charge in [-0.2, -0.15) is 0 Å². The van der Waals surface area contributed by atoms with E-state index in [2.05, 4.69) is 9.97 Å². The molecule has 0 aromatic carbocycles. The number of anilines is 1. The number of carbonyl (C=O) groups excluding carboxylic acids is 1. The molecule has 0 radical (unpaired) electrons. The molecule has 1 fully saturated rings. The van der Waals surface area contributed by atoms with Gasteiger partial charge in [-0.3, -0.25) is 4.79 Å². The summed E-state index contributed by atoms with van der Waals surface area (Å²) in [6.07, 6.45) is 8.56. The first kappa shape index (κ1) is 13.6. The van der Waals surface area contributed by atoms with Gasteiger partial charge in [-0.05, 0) is 31.4 Å². The molecule has 2 N–H and O–H groups in total. The van der Waals surface area contributed by atoms with Gasteiger partial charge in [-0.25, -0.2) is 9.97 Å². The monoisotopic (exact) mass is 285 g/mol. The highest BCUT2D eigenvalue weighted by molar-refractivity contribution is 5.77. The fourth-order valence-electron chi connectivity index (χ4n) is 2.63. The Balaban J connectivity index is 1.76. The first-order valence-corrected chi connectivity index (χ1v) is 7.24. The number of carbonyl (C=O) groups is 1. The maximum atomic E-state index is 12.3. The lowest BCUT2D eigenvalue weighted by Crippen LogP contribution is -2.37. The van der Waals surface area contributed by atoms with Gasteiger partial charge in [-0.1, -0.05) is 0 Å². The Morgan fingerprint density at radius 2 is 2.00 bits per heavy atom. The minimum absolute atomic E-state index is 0.150. The molecule has 1 aliphatic rings. The summed E-state index contributed by atoms with van der Waals surface area (Å²) >= 11 is 0. The van der Waals surface area contributed by atoms with E-state index in [-0.39, 0.29) is 5.91 Å². The van der Waals surface area contributed by atoms with Crippen molar-refractivity contribution in [3.8, 4) is 11.3 Å². The molecule has 0 saturated carbocycles. The standard InChI is InChI=1S/C15H19N5O/c16-14-5-4-12(8-18-14)13-9-17-11-20(13)10-15(21)19-6-2-1-3-7-19/h4-5,8-9,11H,1-3,6-7,10H2,(H2,16,18). The highest BCUT2D eigenvalue weighted by Gasteiger charge is 2.18. The van der Waals surface area contributed by atoms with Gasteiger partial charge in [0, 0.05) is 24.8 Å². The van der Waals surface area contributed by atoms with Crippen molar-refractivity contribution in [2.45, 2.75) is 25.8 Å². The van der Waals surface area contributed by atoms with Crippen LogP contribution < -0.4 is 5.73 Å². The molecule has 6 nitrogen and oxygen atoms in total. The zero-order valence-corrected chi connectivity index (χ0v) is 11.9. The second-order valence-electron chi connectivity index (χ2n) is 5.32. The summed E-state index contributed by atoms with van der Waals surface area (Å²) in [5.74, 6) is 0.631. The third kappa shape index (κ3) is 3.04. The Morgan fingerprint density at radius 3 is 2.71 bits per heavy atom. The zero-order valence-electron chi connectivity index (χ0n) is 11.9. The number of amides is 1. The molecule has 0 unspecified atom stereocenters. The number of hydrogen-bond acceptors (Lipinski definition) is 4. The van der Waals surface area contributed by atoms with E-state index in [1.807, 2.05) is 15.5 Å². The molecule has 0 aliphatic carbocycles. The van der Waals surface area contributed by atoms with E-state index in [9.17, 15) is 4.79 Å². The van der Waals surface area contributed by atoms with Gasteiger partial charge in [0.1, 0.15) is 12.4 Å². The molecular weight excluding hydrogens is 266 g/mol. The van der Waals surface area contributed by atoms with Crippen LogP contribution in [-0.2, 0) is 11.3 Å². The summed E-state index contributed by atoms with van der Waals surface area (Å²) < 4.78 is 1.87. The topological polar surface area (TPSA) is 77.0 Å². The van der Waals surface area contributed by atoms with Crippen molar-refractivity contribution in [3.63, 3.8) is 0 Å². The number of rotatable bonds is 3. The molecule has 110 valence electrons. The fourth-order valence-corrected chi connectivity index (χ4v) is 2.63. The van der Waals surface area contributed by atoms with Crippen LogP contribution >= 0.6 is 0 Å². The normalized spacial score (nSPS) is 15.1. The second-order valence-corrected chi connectivity index (χ2v) is 5.32. The van der Waals surface area contributed by atoms with Gasteiger partial charge in [0.05, 0.1) is 18.2 Å². The average molecular weight is 285 g/mol. The van der Waals surface area contributed by atoms with Crippen molar-refractivity contribution in [1.29, 1.82) is 0 Å². The molecule has 2 aromatic heterocycles. The van der Waals surface area contributed by atoms with Crippen LogP contribution in [-0.4, -0.2) is 38.4 Å². The van der Waals surface area contributed by atoms with Gasteiger partial charge in [0.2, 0.25) is 5.91 Å². The summed E-state index contributed by atoms with van der Waals surface area (Å²) in [7, 11) is 0. The van der Waals surface area contributed by atoms with Gasteiger partial charge in [-0.15, -0.1) is 0 Å². The third-order valence-corrected chi connectivity index (χ3v) is 3.81. The number of piperidine rings is 1. The number of nitrogens with two attached hydrogens (primary N) is 1. The molecule has 1 amide bonds. The van der Waals surface area contributed by atoms with E-state index < -0.39 is 0 Å². The van der Waals surface area contributed by atoms with E-state index >= 15 is 0 Å². The van der Waals surface area contributed by atoms with Crippen molar-refractivity contribution in [2.24, 2.45) is 0 Å². The Hall–Kier alpha value is -2.37. The van der Waals surface area contributed by atoms with Crippen LogP contribution in [0, 0.1) is 0 Å². The van der Waals surface area contributed by atoms with Gasteiger partial charge >= 0.3 is 0 Å². The van der Waals surface area contributed by atoms with Gasteiger partial charge < -0.3 is 15.2 Å². The van der Waals surface area contributed by atoms with Crippen molar-refractivity contribution < 1.29 is 4.79 Å². The van der Waals surface area contributed by atoms with Crippen molar-refractivity contribution in [2.75, 3.05) is 18.8 Å². The van der Waals surface area contributed by atoms with Crippen LogP contribution in [0.25, 0.3) is 11.3 Å². The number of nitrogen functional groups attached to an aromatic ring is 1. The Bertz CT molecular complexity index is 613. The zero-order chi connectivity index (χ0) is 14.7. The molecule has 0 atom stereocenters. The van der Waals surface area contributed by atoms with E-state index in [0.717, 1.165) is 37.2 Å². The minimum Gasteiger partial charge on any atom is -0.384 e. The first-order chi connectivity index (χ1) is 10.2. The van der Waals surface area contributed by atoms with Crippen LogP contribution in [0.5, 0.6) is 0 Å². The van der Waals surface area contributed by atoms with Crippen LogP contribution in [0.2, 0.25) is 0 Å². The average Bonchev–Trinajstić information content (AvgIpc) is 2.97.